The first kappa shape index (κ1) is 19.4. The van der Waals surface area contributed by atoms with Crippen molar-refractivity contribution < 1.29 is 17.9 Å². The van der Waals surface area contributed by atoms with Crippen molar-refractivity contribution in [2.24, 2.45) is 0 Å². The van der Waals surface area contributed by atoms with Crippen molar-refractivity contribution in [3.05, 3.63) is 53.9 Å². The molecule has 1 aromatic heterocycles. The smallest absolute Gasteiger partial charge is 0.258 e. The van der Waals surface area contributed by atoms with E-state index in [4.69, 9.17) is 4.74 Å². The van der Waals surface area contributed by atoms with Crippen LogP contribution in [-0.2, 0) is 22.9 Å². The van der Waals surface area contributed by atoms with Crippen LogP contribution in [0.2, 0.25) is 0 Å². The SMILES string of the molecule is CC(C)Oc1ccc(S(C)(=O)=O)cc1C(=O)N1CCn2c(nc3ccccc32)C1. The summed E-state index contributed by atoms with van der Waals surface area (Å²) < 4.78 is 31.9. The van der Waals surface area contributed by atoms with Crippen LogP contribution in [0.15, 0.2) is 47.4 Å². The highest BCUT2D eigenvalue weighted by Crippen LogP contribution is 2.28. The third-order valence-electron chi connectivity index (χ3n) is 4.92. The standard InChI is InChI=1S/C21H23N3O4S/c1-14(2)28-19-9-8-15(29(3,26)27)12-16(19)21(25)23-10-11-24-18-7-5-4-6-17(18)22-20(24)13-23/h4-9,12,14H,10-11,13H2,1-3H3. The van der Waals surface area contributed by atoms with Crippen molar-refractivity contribution in [3.63, 3.8) is 0 Å². The van der Waals surface area contributed by atoms with E-state index in [1.165, 1.54) is 12.1 Å². The Morgan fingerprint density at radius 2 is 1.90 bits per heavy atom. The number of ether oxygens (including phenoxy) is 1. The molecule has 0 spiro atoms. The molecule has 0 unspecified atom stereocenters. The number of amides is 1. The number of aromatic nitrogens is 2. The van der Waals surface area contributed by atoms with Crippen molar-refractivity contribution in [1.29, 1.82) is 0 Å². The number of para-hydroxylation sites is 2. The van der Waals surface area contributed by atoms with Gasteiger partial charge in [-0.1, -0.05) is 12.1 Å². The van der Waals surface area contributed by atoms with Gasteiger partial charge in [0.05, 0.1) is 34.1 Å². The molecule has 0 bridgehead atoms. The number of nitrogens with zero attached hydrogens (tertiary/aromatic N) is 3. The van der Waals surface area contributed by atoms with Crippen molar-refractivity contribution >= 4 is 26.8 Å². The summed E-state index contributed by atoms with van der Waals surface area (Å²) in [5.74, 6) is 0.942. The van der Waals surface area contributed by atoms with Gasteiger partial charge < -0.3 is 14.2 Å². The second-order valence-corrected chi connectivity index (χ2v) is 9.51. The van der Waals surface area contributed by atoms with E-state index in [2.05, 4.69) is 9.55 Å². The van der Waals surface area contributed by atoms with Gasteiger partial charge in [0.1, 0.15) is 11.6 Å². The predicted octanol–water partition coefficient (Wildman–Crippen LogP) is 2.88. The number of hydrogen-bond donors (Lipinski definition) is 0. The number of carbonyl (C=O) groups is 1. The Labute approximate surface area is 169 Å². The Morgan fingerprint density at radius 1 is 1.14 bits per heavy atom. The highest BCUT2D eigenvalue weighted by Gasteiger charge is 2.27. The molecular weight excluding hydrogens is 390 g/mol. The predicted molar refractivity (Wildman–Crippen MR) is 110 cm³/mol. The lowest BCUT2D eigenvalue weighted by Crippen LogP contribution is -2.38. The summed E-state index contributed by atoms with van der Waals surface area (Å²) in [6.45, 7) is 5.23. The summed E-state index contributed by atoms with van der Waals surface area (Å²) in [5, 5.41) is 0. The lowest BCUT2D eigenvalue weighted by atomic mass is 10.1. The first-order valence-corrected chi connectivity index (χ1v) is 11.4. The van der Waals surface area contributed by atoms with E-state index in [1.807, 2.05) is 38.1 Å². The molecule has 7 nitrogen and oxygen atoms in total. The molecule has 0 N–H and O–H groups in total. The van der Waals surface area contributed by atoms with Crippen molar-refractivity contribution in [3.8, 4) is 5.75 Å². The number of hydrogen-bond acceptors (Lipinski definition) is 5. The lowest BCUT2D eigenvalue weighted by molar-refractivity contribution is 0.0702. The summed E-state index contributed by atoms with van der Waals surface area (Å²) in [4.78, 5) is 19.8. The largest absolute Gasteiger partial charge is 0.490 e. The minimum Gasteiger partial charge on any atom is -0.490 e. The molecule has 0 atom stereocenters. The molecule has 0 aliphatic carbocycles. The Bertz CT molecular complexity index is 1200. The van der Waals surface area contributed by atoms with Gasteiger partial charge in [-0.3, -0.25) is 4.79 Å². The fraction of sp³-hybridized carbons (Fsp3) is 0.333. The van der Waals surface area contributed by atoms with Crippen LogP contribution >= 0.6 is 0 Å². The average Bonchev–Trinajstić information content (AvgIpc) is 3.04. The third kappa shape index (κ3) is 3.72. The van der Waals surface area contributed by atoms with Crippen LogP contribution in [-0.4, -0.2) is 47.7 Å². The van der Waals surface area contributed by atoms with Crippen molar-refractivity contribution in [2.75, 3.05) is 12.8 Å². The van der Waals surface area contributed by atoms with E-state index >= 15 is 0 Å². The lowest BCUT2D eigenvalue weighted by Gasteiger charge is -2.29. The molecule has 1 aliphatic heterocycles. The molecule has 0 radical (unpaired) electrons. The van der Waals surface area contributed by atoms with Gasteiger partial charge in [0, 0.05) is 19.3 Å². The number of carbonyl (C=O) groups excluding carboxylic acids is 1. The van der Waals surface area contributed by atoms with Crippen LogP contribution in [0.1, 0.15) is 30.0 Å². The van der Waals surface area contributed by atoms with Gasteiger partial charge in [-0.25, -0.2) is 13.4 Å². The molecule has 2 aromatic carbocycles. The van der Waals surface area contributed by atoms with Crippen molar-refractivity contribution in [2.45, 2.75) is 37.9 Å². The van der Waals surface area contributed by atoms with Gasteiger partial charge in [-0.2, -0.15) is 0 Å². The Morgan fingerprint density at radius 3 is 2.62 bits per heavy atom. The Balaban J connectivity index is 1.70. The maximum atomic E-state index is 13.3. The van der Waals surface area contributed by atoms with Crippen LogP contribution in [0.3, 0.4) is 0 Å². The van der Waals surface area contributed by atoms with Crippen molar-refractivity contribution in [1.82, 2.24) is 14.5 Å². The Kier molecular flexibility index (Phi) is 4.82. The number of sulfone groups is 1. The zero-order chi connectivity index (χ0) is 20.8. The van der Waals surface area contributed by atoms with E-state index in [0.29, 0.717) is 25.4 Å². The maximum absolute atomic E-state index is 13.3. The molecular formula is C21H23N3O4S. The third-order valence-corrected chi connectivity index (χ3v) is 6.03. The number of rotatable bonds is 4. The quantitative estimate of drug-likeness (QED) is 0.657. The molecule has 4 rings (SSSR count). The van der Waals surface area contributed by atoms with E-state index in [1.54, 1.807) is 11.0 Å². The van der Waals surface area contributed by atoms with E-state index in [-0.39, 0.29) is 22.5 Å². The van der Waals surface area contributed by atoms with Gasteiger partial charge in [0.2, 0.25) is 0 Å². The van der Waals surface area contributed by atoms with Crippen LogP contribution in [0.25, 0.3) is 11.0 Å². The molecule has 1 amide bonds. The number of imidazole rings is 1. The van der Waals surface area contributed by atoms with Gasteiger partial charge >= 0.3 is 0 Å². The van der Waals surface area contributed by atoms with Gasteiger partial charge in [-0.05, 0) is 44.2 Å². The molecule has 0 fully saturated rings. The normalized spacial score (nSPS) is 14.3. The summed E-state index contributed by atoms with van der Waals surface area (Å²) >= 11 is 0. The topological polar surface area (TPSA) is 81.5 Å². The summed E-state index contributed by atoms with van der Waals surface area (Å²) in [5.41, 5.74) is 2.21. The highest BCUT2D eigenvalue weighted by atomic mass is 32.2. The van der Waals surface area contributed by atoms with E-state index < -0.39 is 9.84 Å². The van der Waals surface area contributed by atoms with Gasteiger partial charge in [-0.15, -0.1) is 0 Å². The summed E-state index contributed by atoms with van der Waals surface area (Å²) in [6, 6.07) is 12.3. The number of benzene rings is 2. The second-order valence-electron chi connectivity index (χ2n) is 7.49. The molecule has 2 heterocycles. The van der Waals surface area contributed by atoms with Crippen LogP contribution in [0.5, 0.6) is 5.75 Å². The molecule has 29 heavy (non-hydrogen) atoms. The molecule has 0 saturated carbocycles. The van der Waals surface area contributed by atoms with Crippen LogP contribution in [0, 0.1) is 0 Å². The minimum atomic E-state index is -3.44. The van der Waals surface area contributed by atoms with E-state index in [0.717, 1.165) is 23.1 Å². The van der Waals surface area contributed by atoms with Crippen LogP contribution in [0.4, 0.5) is 0 Å². The average molecular weight is 413 g/mol. The first-order chi connectivity index (χ1) is 13.7. The second kappa shape index (κ2) is 7.18. The number of fused-ring (bicyclic) bond motifs is 3. The summed E-state index contributed by atoms with van der Waals surface area (Å²) in [6.07, 6.45) is 0.985. The fourth-order valence-corrected chi connectivity index (χ4v) is 4.22. The fourth-order valence-electron chi connectivity index (χ4n) is 3.57. The maximum Gasteiger partial charge on any atom is 0.258 e. The molecule has 152 valence electrons. The molecule has 3 aromatic rings. The zero-order valence-electron chi connectivity index (χ0n) is 16.6. The Hall–Kier alpha value is -2.87. The van der Waals surface area contributed by atoms with Crippen LogP contribution < -0.4 is 4.74 Å². The first-order valence-electron chi connectivity index (χ1n) is 9.48. The molecule has 0 saturated heterocycles. The van der Waals surface area contributed by atoms with Gasteiger partial charge in [0.15, 0.2) is 9.84 Å². The monoisotopic (exact) mass is 413 g/mol. The highest BCUT2D eigenvalue weighted by molar-refractivity contribution is 7.90. The molecule has 1 aliphatic rings. The van der Waals surface area contributed by atoms with E-state index in [9.17, 15) is 13.2 Å². The summed E-state index contributed by atoms with van der Waals surface area (Å²) in [7, 11) is -3.44. The zero-order valence-corrected chi connectivity index (χ0v) is 17.4. The molecule has 8 heteroatoms. The van der Waals surface area contributed by atoms with Gasteiger partial charge in [0.25, 0.3) is 5.91 Å². The minimum absolute atomic E-state index is 0.0983.